The molecule has 0 aromatic heterocycles. The van der Waals surface area contributed by atoms with Crippen molar-refractivity contribution in [2.45, 2.75) is 19.3 Å². The van der Waals surface area contributed by atoms with Crippen LogP contribution in [-0.4, -0.2) is 73.6 Å². The van der Waals surface area contributed by atoms with Gasteiger partial charge in [0.1, 0.15) is 11.6 Å². The predicted molar refractivity (Wildman–Crippen MR) is 111 cm³/mol. The molecular weight excluding hydrogens is 390 g/mol. The summed E-state index contributed by atoms with van der Waals surface area (Å²) in [5.41, 5.74) is 1.46. The number of aliphatic hydroxyl groups is 1. The number of rotatable bonds is 11. The number of halogens is 2. The summed E-state index contributed by atoms with van der Waals surface area (Å²) < 4.78 is 38.4. The van der Waals surface area contributed by atoms with Gasteiger partial charge in [-0.25, -0.2) is 8.78 Å². The summed E-state index contributed by atoms with van der Waals surface area (Å²) >= 11 is 0. The standard InChI is InChI=1S/C23H30F2N2O3/c24-21-7-6-20(23(25)14-21)15-27(9-8-26-10-12-29-13-11-26)16-22(28)18-30-17-19-4-2-1-3-5-19/h1-7,14,22,28H,8-13,15-18H2/t22-/m1/s1. The molecule has 1 aliphatic rings. The number of aliphatic hydroxyl groups excluding tert-OH is 1. The number of hydrogen-bond acceptors (Lipinski definition) is 5. The summed E-state index contributed by atoms with van der Waals surface area (Å²) in [4.78, 5) is 4.28. The van der Waals surface area contributed by atoms with Crippen molar-refractivity contribution in [3.8, 4) is 0 Å². The molecule has 0 aliphatic carbocycles. The van der Waals surface area contributed by atoms with Gasteiger partial charge >= 0.3 is 0 Å². The molecule has 0 saturated carbocycles. The fourth-order valence-electron chi connectivity index (χ4n) is 3.47. The molecule has 1 N–H and O–H groups in total. The number of benzene rings is 2. The molecule has 1 saturated heterocycles. The van der Waals surface area contributed by atoms with E-state index in [1.807, 2.05) is 35.2 Å². The molecule has 1 heterocycles. The van der Waals surface area contributed by atoms with E-state index in [4.69, 9.17) is 9.47 Å². The summed E-state index contributed by atoms with van der Waals surface area (Å²) in [7, 11) is 0. The van der Waals surface area contributed by atoms with Crippen LogP contribution in [0.4, 0.5) is 8.78 Å². The average Bonchev–Trinajstić information content (AvgIpc) is 2.75. The first kappa shape index (κ1) is 22.8. The van der Waals surface area contributed by atoms with Crippen molar-refractivity contribution in [3.05, 3.63) is 71.3 Å². The van der Waals surface area contributed by atoms with Crippen LogP contribution < -0.4 is 0 Å². The van der Waals surface area contributed by atoms with Crippen molar-refractivity contribution in [3.63, 3.8) is 0 Å². The molecule has 5 nitrogen and oxygen atoms in total. The van der Waals surface area contributed by atoms with E-state index in [2.05, 4.69) is 4.90 Å². The lowest BCUT2D eigenvalue weighted by Crippen LogP contribution is -2.43. The molecule has 0 spiro atoms. The Labute approximate surface area is 176 Å². The van der Waals surface area contributed by atoms with E-state index in [1.54, 1.807) is 0 Å². The zero-order chi connectivity index (χ0) is 21.2. The largest absolute Gasteiger partial charge is 0.389 e. The number of hydrogen-bond donors (Lipinski definition) is 1. The lowest BCUT2D eigenvalue weighted by atomic mass is 10.2. The van der Waals surface area contributed by atoms with Crippen LogP contribution in [0.25, 0.3) is 0 Å². The predicted octanol–water partition coefficient (Wildman–Crippen LogP) is 2.68. The van der Waals surface area contributed by atoms with E-state index >= 15 is 0 Å². The van der Waals surface area contributed by atoms with Crippen molar-refractivity contribution in [1.82, 2.24) is 9.80 Å². The van der Waals surface area contributed by atoms with Gasteiger partial charge in [0.05, 0.1) is 32.5 Å². The van der Waals surface area contributed by atoms with Crippen LogP contribution >= 0.6 is 0 Å². The summed E-state index contributed by atoms with van der Waals surface area (Å²) in [6.45, 7) is 5.86. The molecule has 30 heavy (non-hydrogen) atoms. The second-order valence-corrected chi connectivity index (χ2v) is 7.58. The van der Waals surface area contributed by atoms with Crippen molar-refractivity contribution >= 4 is 0 Å². The fraction of sp³-hybridized carbons (Fsp3) is 0.478. The van der Waals surface area contributed by atoms with Crippen LogP contribution in [-0.2, 0) is 22.6 Å². The third-order valence-electron chi connectivity index (χ3n) is 5.14. The molecule has 7 heteroatoms. The minimum absolute atomic E-state index is 0.189. The van der Waals surface area contributed by atoms with Gasteiger partial charge in [-0.2, -0.15) is 0 Å². The monoisotopic (exact) mass is 420 g/mol. The van der Waals surface area contributed by atoms with Gasteiger partial charge in [-0.15, -0.1) is 0 Å². The maximum Gasteiger partial charge on any atom is 0.130 e. The van der Waals surface area contributed by atoms with Crippen LogP contribution in [0.3, 0.4) is 0 Å². The molecule has 3 rings (SSSR count). The minimum atomic E-state index is -0.707. The fourth-order valence-corrected chi connectivity index (χ4v) is 3.47. The van der Waals surface area contributed by atoms with Crippen LogP contribution in [0.2, 0.25) is 0 Å². The zero-order valence-electron chi connectivity index (χ0n) is 17.2. The topological polar surface area (TPSA) is 45.2 Å². The van der Waals surface area contributed by atoms with Crippen molar-refractivity contribution in [1.29, 1.82) is 0 Å². The molecule has 164 valence electrons. The van der Waals surface area contributed by atoms with E-state index in [-0.39, 0.29) is 6.61 Å². The highest BCUT2D eigenvalue weighted by molar-refractivity contribution is 5.18. The van der Waals surface area contributed by atoms with E-state index in [0.29, 0.717) is 45.0 Å². The molecule has 0 bridgehead atoms. The third-order valence-corrected chi connectivity index (χ3v) is 5.14. The van der Waals surface area contributed by atoms with Gasteiger partial charge in [-0.05, 0) is 11.6 Å². The van der Waals surface area contributed by atoms with E-state index in [1.165, 1.54) is 12.1 Å². The van der Waals surface area contributed by atoms with Crippen molar-refractivity contribution < 1.29 is 23.4 Å². The first-order chi connectivity index (χ1) is 14.6. The van der Waals surface area contributed by atoms with Gasteiger partial charge in [0.25, 0.3) is 0 Å². The minimum Gasteiger partial charge on any atom is -0.389 e. The van der Waals surface area contributed by atoms with Crippen LogP contribution in [0, 0.1) is 11.6 Å². The number of nitrogens with zero attached hydrogens (tertiary/aromatic N) is 2. The Morgan fingerprint density at radius 1 is 1.10 bits per heavy atom. The van der Waals surface area contributed by atoms with Crippen LogP contribution in [0.1, 0.15) is 11.1 Å². The SMILES string of the molecule is O[C@@H](COCc1ccccc1)CN(CCN1CCOCC1)Cc1ccc(F)cc1F. The summed E-state index contributed by atoms with van der Waals surface area (Å²) in [5, 5.41) is 10.5. The highest BCUT2D eigenvalue weighted by atomic mass is 19.1. The Morgan fingerprint density at radius 3 is 2.60 bits per heavy atom. The Kier molecular flexibility index (Phi) is 9.17. The highest BCUT2D eigenvalue weighted by Gasteiger charge is 2.17. The Hall–Kier alpha value is -1.90. The lowest BCUT2D eigenvalue weighted by molar-refractivity contribution is 0.00194. The van der Waals surface area contributed by atoms with Gasteiger partial charge in [0, 0.05) is 50.9 Å². The maximum atomic E-state index is 14.2. The van der Waals surface area contributed by atoms with Crippen molar-refractivity contribution in [2.75, 3.05) is 52.5 Å². The molecule has 1 fully saturated rings. The molecule has 1 atom stereocenters. The smallest absolute Gasteiger partial charge is 0.130 e. The molecule has 1 aliphatic heterocycles. The second-order valence-electron chi connectivity index (χ2n) is 7.58. The lowest BCUT2D eigenvalue weighted by Gasteiger charge is -2.31. The average molecular weight is 421 g/mol. The first-order valence-corrected chi connectivity index (χ1v) is 10.4. The Balaban J connectivity index is 1.53. The van der Waals surface area contributed by atoms with Gasteiger partial charge < -0.3 is 14.6 Å². The molecule has 0 radical (unpaired) electrons. The molecule has 0 amide bonds. The quantitative estimate of drug-likeness (QED) is 0.606. The van der Waals surface area contributed by atoms with Gasteiger partial charge in [0.2, 0.25) is 0 Å². The van der Waals surface area contributed by atoms with Gasteiger partial charge in [0.15, 0.2) is 0 Å². The first-order valence-electron chi connectivity index (χ1n) is 10.4. The Morgan fingerprint density at radius 2 is 1.87 bits per heavy atom. The molecule has 0 unspecified atom stereocenters. The molecule has 2 aromatic rings. The Bertz CT molecular complexity index is 757. The van der Waals surface area contributed by atoms with E-state index in [0.717, 1.165) is 31.3 Å². The van der Waals surface area contributed by atoms with Crippen molar-refractivity contribution in [2.24, 2.45) is 0 Å². The zero-order valence-corrected chi connectivity index (χ0v) is 17.2. The van der Waals surface area contributed by atoms with Gasteiger partial charge in [-0.1, -0.05) is 36.4 Å². The summed E-state index contributed by atoms with van der Waals surface area (Å²) in [5.74, 6) is -1.16. The maximum absolute atomic E-state index is 14.2. The van der Waals surface area contributed by atoms with Crippen LogP contribution in [0.5, 0.6) is 0 Å². The normalized spacial score (nSPS) is 16.1. The van der Waals surface area contributed by atoms with E-state index < -0.39 is 17.7 Å². The number of morpholine rings is 1. The van der Waals surface area contributed by atoms with E-state index in [9.17, 15) is 13.9 Å². The van der Waals surface area contributed by atoms with Crippen LogP contribution in [0.15, 0.2) is 48.5 Å². The highest BCUT2D eigenvalue weighted by Crippen LogP contribution is 2.13. The molecule has 2 aromatic carbocycles. The number of ether oxygens (including phenoxy) is 2. The van der Waals surface area contributed by atoms with Gasteiger partial charge in [-0.3, -0.25) is 9.80 Å². The summed E-state index contributed by atoms with van der Waals surface area (Å²) in [6, 6.07) is 13.4. The molecular formula is C23H30F2N2O3. The second kappa shape index (κ2) is 12.1. The summed E-state index contributed by atoms with van der Waals surface area (Å²) in [6.07, 6.45) is -0.707. The third kappa shape index (κ3) is 7.74.